The molecule has 3 aromatic rings. The molecule has 0 aliphatic heterocycles. The van der Waals surface area contributed by atoms with Gasteiger partial charge in [0.1, 0.15) is 11.3 Å². The summed E-state index contributed by atoms with van der Waals surface area (Å²) in [5, 5.41) is 9.97. The van der Waals surface area contributed by atoms with Gasteiger partial charge in [-0.15, -0.1) is 0 Å². The van der Waals surface area contributed by atoms with Gasteiger partial charge in [-0.2, -0.15) is 0 Å². The van der Waals surface area contributed by atoms with Crippen LogP contribution >= 0.6 is 0 Å². The van der Waals surface area contributed by atoms with Crippen LogP contribution in [0.25, 0.3) is 22.6 Å². The summed E-state index contributed by atoms with van der Waals surface area (Å²) in [5.74, 6) is -0.337. The molecule has 6 heteroatoms. The van der Waals surface area contributed by atoms with Crippen LogP contribution in [0.2, 0.25) is 0 Å². The summed E-state index contributed by atoms with van der Waals surface area (Å²) < 4.78 is 19.0. The fraction of sp³-hybridized carbons (Fsp3) is 0.105. The van der Waals surface area contributed by atoms with Crippen LogP contribution in [0.3, 0.4) is 0 Å². The van der Waals surface area contributed by atoms with Crippen LogP contribution in [0.5, 0.6) is 0 Å². The number of nitrogens with one attached hydrogen (secondary N) is 2. The van der Waals surface area contributed by atoms with Crippen molar-refractivity contribution in [2.24, 2.45) is 0 Å². The first kappa shape index (κ1) is 16.6. The number of oxazole rings is 1. The Labute approximate surface area is 143 Å². The Balaban J connectivity index is 1.85. The lowest BCUT2D eigenvalue weighted by Crippen LogP contribution is -2.25. The quantitative estimate of drug-likeness (QED) is 0.692. The van der Waals surface area contributed by atoms with E-state index in [1.165, 1.54) is 18.3 Å². The van der Waals surface area contributed by atoms with Crippen LogP contribution in [0, 0.1) is 11.2 Å². The van der Waals surface area contributed by atoms with Crippen molar-refractivity contribution in [1.29, 1.82) is 5.41 Å². The Hall–Kier alpha value is -3.28. The Kier molecular flexibility index (Phi) is 4.70. The number of allylic oxidation sites excluding steroid dienone is 1. The summed E-state index contributed by atoms with van der Waals surface area (Å²) in [7, 11) is 0. The average Bonchev–Trinajstić information content (AvgIpc) is 3.05. The van der Waals surface area contributed by atoms with Gasteiger partial charge in [0.2, 0.25) is 5.89 Å². The highest BCUT2D eigenvalue weighted by molar-refractivity contribution is 5.97. The van der Waals surface area contributed by atoms with E-state index < -0.39 is 0 Å². The third-order valence-corrected chi connectivity index (χ3v) is 3.73. The molecule has 0 aliphatic carbocycles. The standard InChI is InChI=1S/C19H16FN3O2/c1-2-12(10-21)11-22-18(24)13-6-7-17-16(9-13)23-19(25-17)14-4-3-5-15(20)8-14/h2-10,21H,11H2,1H3,(H,22,24)/b12-2+,21-10?. The molecular formula is C19H16FN3O2. The molecule has 0 atom stereocenters. The number of carbonyl (C=O) groups is 1. The Morgan fingerprint density at radius 1 is 1.32 bits per heavy atom. The highest BCUT2D eigenvalue weighted by Crippen LogP contribution is 2.25. The molecule has 0 unspecified atom stereocenters. The lowest BCUT2D eigenvalue weighted by molar-refractivity contribution is 0.0957. The molecule has 1 amide bonds. The van der Waals surface area contributed by atoms with Crippen LogP contribution in [0.1, 0.15) is 17.3 Å². The molecule has 2 N–H and O–H groups in total. The molecule has 0 saturated carbocycles. The summed E-state index contributed by atoms with van der Waals surface area (Å²) in [6.45, 7) is 2.09. The van der Waals surface area contributed by atoms with E-state index >= 15 is 0 Å². The maximum Gasteiger partial charge on any atom is 0.251 e. The topological polar surface area (TPSA) is 79.0 Å². The van der Waals surface area contributed by atoms with Crippen LogP contribution in [0.15, 0.2) is 58.5 Å². The maximum atomic E-state index is 13.3. The van der Waals surface area contributed by atoms with Crippen LogP contribution in [-0.4, -0.2) is 23.7 Å². The Morgan fingerprint density at radius 2 is 2.16 bits per heavy atom. The molecule has 126 valence electrons. The number of hydrogen-bond acceptors (Lipinski definition) is 4. The van der Waals surface area contributed by atoms with Gasteiger partial charge in [-0.25, -0.2) is 9.37 Å². The van der Waals surface area contributed by atoms with Crippen molar-refractivity contribution < 1.29 is 13.6 Å². The van der Waals surface area contributed by atoms with Crippen molar-refractivity contribution in [3.8, 4) is 11.5 Å². The lowest BCUT2D eigenvalue weighted by Gasteiger charge is -2.04. The lowest BCUT2D eigenvalue weighted by atomic mass is 10.2. The minimum Gasteiger partial charge on any atom is -0.436 e. The highest BCUT2D eigenvalue weighted by atomic mass is 19.1. The summed E-state index contributed by atoms with van der Waals surface area (Å²) in [5.41, 5.74) is 2.72. The third-order valence-electron chi connectivity index (χ3n) is 3.73. The molecule has 0 bridgehead atoms. The zero-order valence-corrected chi connectivity index (χ0v) is 13.5. The van der Waals surface area contributed by atoms with Crippen molar-refractivity contribution in [1.82, 2.24) is 10.3 Å². The zero-order chi connectivity index (χ0) is 17.8. The average molecular weight is 337 g/mol. The number of amides is 1. The number of nitrogens with zero attached hydrogens (tertiary/aromatic N) is 1. The number of rotatable bonds is 5. The van der Waals surface area contributed by atoms with Gasteiger partial charge in [-0.05, 0) is 48.9 Å². The van der Waals surface area contributed by atoms with Gasteiger partial charge in [0, 0.05) is 23.9 Å². The van der Waals surface area contributed by atoms with Gasteiger partial charge >= 0.3 is 0 Å². The third kappa shape index (κ3) is 3.63. The van der Waals surface area contributed by atoms with Gasteiger partial charge in [0.25, 0.3) is 5.91 Å². The maximum absolute atomic E-state index is 13.3. The first-order valence-electron chi connectivity index (χ1n) is 7.71. The fourth-order valence-corrected chi connectivity index (χ4v) is 2.33. The van der Waals surface area contributed by atoms with E-state index in [-0.39, 0.29) is 18.3 Å². The molecule has 25 heavy (non-hydrogen) atoms. The molecule has 0 aliphatic rings. The van der Waals surface area contributed by atoms with Crippen LogP contribution in [0.4, 0.5) is 4.39 Å². The molecule has 1 heterocycles. The first-order chi connectivity index (χ1) is 12.1. The minimum atomic E-state index is -0.370. The van der Waals surface area contributed by atoms with Gasteiger partial charge in [-0.3, -0.25) is 4.79 Å². The molecule has 3 rings (SSSR count). The molecule has 0 fully saturated rings. The Bertz CT molecular complexity index is 976. The van der Waals surface area contributed by atoms with Crippen molar-refractivity contribution >= 4 is 23.2 Å². The number of halogens is 1. The van der Waals surface area contributed by atoms with Crippen LogP contribution < -0.4 is 5.32 Å². The summed E-state index contributed by atoms with van der Waals surface area (Å²) in [4.78, 5) is 16.6. The Morgan fingerprint density at radius 3 is 2.88 bits per heavy atom. The molecule has 0 radical (unpaired) electrons. The van der Waals surface area contributed by atoms with Crippen molar-refractivity contribution in [3.05, 3.63) is 65.5 Å². The highest BCUT2D eigenvalue weighted by Gasteiger charge is 2.12. The summed E-state index contributed by atoms with van der Waals surface area (Å²) >= 11 is 0. The largest absolute Gasteiger partial charge is 0.436 e. The van der Waals surface area contributed by atoms with E-state index in [4.69, 9.17) is 9.83 Å². The van der Waals surface area contributed by atoms with Gasteiger partial charge in [0.05, 0.1) is 0 Å². The molecule has 2 aromatic carbocycles. The zero-order valence-electron chi connectivity index (χ0n) is 13.5. The van der Waals surface area contributed by atoms with Crippen molar-refractivity contribution in [2.45, 2.75) is 6.92 Å². The van der Waals surface area contributed by atoms with Gasteiger partial charge < -0.3 is 15.1 Å². The molecule has 0 spiro atoms. The second-order valence-corrected chi connectivity index (χ2v) is 5.40. The SMILES string of the molecule is C/C=C(\C=N)CNC(=O)c1ccc2oc(-c3cccc(F)c3)nc2c1. The van der Waals surface area contributed by atoms with Crippen LogP contribution in [-0.2, 0) is 0 Å². The number of aromatic nitrogens is 1. The van der Waals surface area contributed by atoms with E-state index in [1.54, 1.807) is 36.4 Å². The molecule has 0 saturated heterocycles. The number of hydrogen-bond donors (Lipinski definition) is 2. The summed E-state index contributed by atoms with van der Waals surface area (Å²) in [6, 6.07) is 10.9. The second kappa shape index (κ2) is 7.09. The van der Waals surface area contributed by atoms with Gasteiger partial charge in [-0.1, -0.05) is 12.1 Å². The van der Waals surface area contributed by atoms with E-state index in [1.807, 2.05) is 6.92 Å². The fourth-order valence-electron chi connectivity index (χ4n) is 2.33. The second-order valence-electron chi connectivity index (χ2n) is 5.40. The first-order valence-corrected chi connectivity index (χ1v) is 7.71. The van der Waals surface area contributed by atoms with E-state index in [2.05, 4.69) is 10.3 Å². The number of benzene rings is 2. The number of fused-ring (bicyclic) bond motifs is 1. The summed E-state index contributed by atoms with van der Waals surface area (Å²) in [6.07, 6.45) is 2.96. The predicted molar refractivity (Wildman–Crippen MR) is 94.3 cm³/mol. The normalized spacial score (nSPS) is 11.5. The monoisotopic (exact) mass is 337 g/mol. The molecule has 5 nitrogen and oxygen atoms in total. The molecule has 1 aromatic heterocycles. The predicted octanol–water partition coefficient (Wildman–Crippen LogP) is 3.96. The van der Waals surface area contributed by atoms with E-state index in [9.17, 15) is 9.18 Å². The smallest absolute Gasteiger partial charge is 0.251 e. The minimum absolute atomic E-state index is 0.265. The van der Waals surface area contributed by atoms with E-state index in [0.29, 0.717) is 33.7 Å². The molecular weight excluding hydrogens is 321 g/mol. The van der Waals surface area contributed by atoms with Crippen molar-refractivity contribution in [2.75, 3.05) is 6.54 Å². The van der Waals surface area contributed by atoms with Gasteiger partial charge in [0.15, 0.2) is 5.58 Å². The number of carbonyl (C=O) groups excluding carboxylic acids is 1. The van der Waals surface area contributed by atoms with E-state index in [0.717, 1.165) is 0 Å². The van der Waals surface area contributed by atoms with Crippen molar-refractivity contribution in [3.63, 3.8) is 0 Å².